The van der Waals surface area contributed by atoms with Crippen molar-refractivity contribution in [2.24, 2.45) is 0 Å². The van der Waals surface area contributed by atoms with Gasteiger partial charge in [0.05, 0.1) is 0 Å². The van der Waals surface area contributed by atoms with Gasteiger partial charge in [-0.1, -0.05) is 0 Å². The molecule has 1 nitrogen and oxygen atoms in total. The number of hydrogen-bond acceptors (Lipinski definition) is 0. The van der Waals surface area contributed by atoms with Gasteiger partial charge >= 0.3 is 59.1 Å². The maximum atomic E-state index is 3.00. The Morgan fingerprint density at radius 3 is 0.800 bits per heavy atom. The Kier molecular flexibility index (Phi) is 260. The van der Waals surface area contributed by atoms with Crippen LogP contribution in [0.2, 0.25) is 0 Å². The Bertz CT molecular complexity index is 7.61. The summed E-state index contributed by atoms with van der Waals surface area (Å²) in [4.78, 5) is 0. The molecule has 0 aliphatic heterocycles. The summed E-state index contributed by atoms with van der Waals surface area (Å²) in [6, 6.07) is 0. The molecule has 20 valence electrons. The van der Waals surface area contributed by atoms with Crippen molar-refractivity contribution in [2.75, 3.05) is 0 Å². The molecule has 0 aromatic rings. The van der Waals surface area contributed by atoms with Crippen LogP contribution in [-0.4, -0.2) is 0 Å². The molecule has 0 spiro atoms. The predicted molar refractivity (Wildman–Crippen MR) is 11.9 cm³/mol. The smallest absolute Gasteiger partial charge is 1.00 e. The van der Waals surface area contributed by atoms with Gasteiger partial charge in [0.2, 0.25) is 0 Å². The second kappa shape index (κ2) is 43.6. The summed E-state index contributed by atoms with van der Waals surface area (Å²) in [5.41, 5.74) is 0. The molecule has 0 unspecified atom stereocenters. The molecule has 0 fully saturated rings. The SMILES string of the molecule is C=C.[Na+].[Na+].[O-2]. The average molecular weight is 90.0 g/mol. The largest absolute Gasteiger partial charge is 2.00 e. The standard InChI is InChI=1S/C2H4.2Na.O/c1-2;;;/h1-2H2;;;/q;2*+1;-2. The molecule has 0 aliphatic rings. The van der Waals surface area contributed by atoms with Gasteiger partial charge in [-0.3, -0.25) is 0 Å². The molecule has 3 heteroatoms. The zero-order valence-electron chi connectivity index (χ0n) is 3.82. The summed E-state index contributed by atoms with van der Waals surface area (Å²) in [5, 5.41) is 0. The topological polar surface area (TPSA) is 28.5 Å². The number of hydrogen-bond donors (Lipinski definition) is 0. The van der Waals surface area contributed by atoms with E-state index >= 15 is 0 Å². The average Bonchev–Trinajstić information content (AvgIpc) is 1.00. The van der Waals surface area contributed by atoms with Crippen molar-refractivity contribution >= 4 is 0 Å². The van der Waals surface area contributed by atoms with E-state index in [-0.39, 0.29) is 64.6 Å². The van der Waals surface area contributed by atoms with E-state index in [1.807, 2.05) is 0 Å². The first-order valence-corrected chi connectivity index (χ1v) is 0.500. The predicted octanol–water partition coefficient (Wildman–Crippen LogP) is -5.31. The third kappa shape index (κ3) is 27.0. The van der Waals surface area contributed by atoms with Gasteiger partial charge in [-0.25, -0.2) is 0 Å². The molecule has 0 radical (unpaired) electrons. The van der Waals surface area contributed by atoms with Gasteiger partial charge in [0.1, 0.15) is 0 Å². The van der Waals surface area contributed by atoms with Gasteiger partial charge in [-0.2, -0.15) is 0 Å². The van der Waals surface area contributed by atoms with Crippen LogP contribution in [0.3, 0.4) is 0 Å². The molecule has 0 aromatic carbocycles. The van der Waals surface area contributed by atoms with Crippen LogP contribution in [0, 0.1) is 0 Å². The van der Waals surface area contributed by atoms with Crippen molar-refractivity contribution in [1.82, 2.24) is 0 Å². The summed E-state index contributed by atoms with van der Waals surface area (Å²) < 4.78 is 0. The minimum atomic E-state index is 0. The van der Waals surface area contributed by atoms with Gasteiger partial charge in [0.15, 0.2) is 0 Å². The van der Waals surface area contributed by atoms with E-state index in [1.54, 1.807) is 0 Å². The van der Waals surface area contributed by atoms with Gasteiger partial charge in [0.25, 0.3) is 0 Å². The molecule has 5 heavy (non-hydrogen) atoms. The molecular weight excluding hydrogens is 86.0 g/mol. The van der Waals surface area contributed by atoms with Crippen LogP contribution in [0.5, 0.6) is 0 Å². The van der Waals surface area contributed by atoms with E-state index < -0.39 is 0 Å². The van der Waals surface area contributed by atoms with E-state index in [9.17, 15) is 0 Å². The zero-order chi connectivity index (χ0) is 2.00. The van der Waals surface area contributed by atoms with E-state index in [4.69, 9.17) is 0 Å². The van der Waals surface area contributed by atoms with Crippen molar-refractivity contribution in [3.05, 3.63) is 13.2 Å². The quantitative estimate of drug-likeness (QED) is 0.210. The van der Waals surface area contributed by atoms with E-state index in [1.165, 1.54) is 0 Å². The molecule has 0 aliphatic carbocycles. The fraction of sp³-hybridized carbons (Fsp3) is 0. The van der Waals surface area contributed by atoms with Crippen LogP contribution in [0.15, 0.2) is 13.2 Å². The fourth-order valence-corrected chi connectivity index (χ4v) is 0. The molecule has 0 saturated heterocycles. The molecule has 0 N–H and O–H groups in total. The van der Waals surface area contributed by atoms with Crippen molar-refractivity contribution < 1.29 is 64.6 Å². The van der Waals surface area contributed by atoms with Crippen LogP contribution in [-0.2, 0) is 5.48 Å². The van der Waals surface area contributed by atoms with Crippen molar-refractivity contribution in [3.63, 3.8) is 0 Å². The monoisotopic (exact) mass is 90.0 g/mol. The minimum absolute atomic E-state index is 0. The first-order chi connectivity index (χ1) is 1.00. The second-order valence-electron chi connectivity index (χ2n) is 0. The van der Waals surface area contributed by atoms with E-state index in [0.717, 1.165) is 0 Å². The Morgan fingerprint density at radius 2 is 0.800 bits per heavy atom. The fourth-order valence-electron chi connectivity index (χ4n) is 0. The Hall–Kier alpha value is 1.70. The van der Waals surface area contributed by atoms with Crippen LogP contribution < -0.4 is 59.1 Å². The van der Waals surface area contributed by atoms with Crippen LogP contribution in [0.4, 0.5) is 0 Å². The first kappa shape index (κ1) is 29.9. The summed E-state index contributed by atoms with van der Waals surface area (Å²) in [7, 11) is 0. The molecular formula is C2H4Na2O. The number of rotatable bonds is 0. The van der Waals surface area contributed by atoms with Crippen molar-refractivity contribution in [2.45, 2.75) is 0 Å². The maximum Gasteiger partial charge on any atom is 1.00 e. The van der Waals surface area contributed by atoms with E-state index in [0.29, 0.717) is 0 Å². The van der Waals surface area contributed by atoms with Crippen LogP contribution >= 0.6 is 0 Å². The Balaban J connectivity index is -0.00000000167. The van der Waals surface area contributed by atoms with E-state index in [2.05, 4.69) is 13.2 Å². The van der Waals surface area contributed by atoms with Crippen LogP contribution in [0.1, 0.15) is 0 Å². The summed E-state index contributed by atoms with van der Waals surface area (Å²) >= 11 is 0. The molecule has 0 rings (SSSR count). The second-order valence-corrected chi connectivity index (χ2v) is 0. The molecule has 0 bridgehead atoms. The maximum absolute atomic E-state index is 3.00. The third-order valence-corrected chi connectivity index (χ3v) is 0. The molecule has 0 aromatic heterocycles. The van der Waals surface area contributed by atoms with Gasteiger partial charge in [-0.15, -0.1) is 13.2 Å². The molecule has 0 amide bonds. The molecule has 0 heterocycles. The third-order valence-electron chi connectivity index (χ3n) is 0. The van der Waals surface area contributed by atoms with Crippen LogP contribution in [0.25, 0.3) is 0 Å². The summed E-state index contributed by atoms with van der Waals surface area (Å²) in [5.74, 6) is 0. The Labute approximate surface area is 76.7 Å². The first-order valence-electron chi connectivity index (χ1n) is 0.500. The van der Waals surface area contributed by atoms with Gasteiger partial charge in [0, 0.05) is 0 Å². The molecule has 0 atom stereocenters. The Morgan fingerprint density at radius 1 is 0.800 bits per heavy atom. The van der Waals surface area contributed by atoms with Crippen molar-refractivity contribution in [3.8, 4) is 0 Å². The minimum Gasteiger partial charge on any atom is -2.00 e. The van der Waals surface area contributed by atoms with Crippen molar-refractivity contribution in [1.29, 1.82) is 0 Å². The normalized spacial score (nSPS) is 0.800. The summed E-state index contributed by atoms with van der Waals surface area (Å²) in [6.07, 6.45) is 0. The zero-order valence-corrected chi connectivity index (χ0v) is 7.82. The summed E-state index contributed by atoms with van der Waals surface area (Å²) in [6.45, 7) is 6.00. The van der Waals surface area contributed by atoms with Gasteiger partial charge in [-0.05, 0) is 0 Å². The van der Waals surface area contributed by atoms with Gasteiger partial charge < -0.3 is 5.48 Å². The molecule has 0 saturated carbocycles.